The maximum absolute atomic E-state index is 13.5. The number of anilines is 2. The van der Waals surface area contributed by atoms with Gasteiger partial charge in [0.15, 0.2) is 5.75 Å². The molecule has 9 nitrogen and oxygen atoms in total. The van der Waals surface area contributed by atoms with Gasteiger partial charge in [0.1, 0.15) is 12.2 Å². The third-order valence-corrected chi connectivity index (χ3v) is 6.70. The number of amides is 4. The molecule has 4 aromatic rings. The molecule has 0 spiro atoms. The van der Waals surface area contributed by atoms with Crippen LogP contribution in [0.15, 0.2) is 103 Å². The highest BCUT2D eigenvalue weighted by Gasteiger charge is 2.43. The Bertz CT molecular complexity index is 1610. The topological polar surface area (TPSA) is 110 Å². The number of nitro benzene ring substituents is 1. The molecule has 5 rings (SSSR count). The van der Waals surface area contributed by atoms with Crippen molar-refractivity contribution in [3.05, 3.63) is 134 Å². The van der Waals surface area contributed by atoms with Gasteiger partial charge >= 0.3 is 6.03 Å². The van der Waals surface area contributed by atoms with Gasteiger partial charge in [-0.2, -0.15) is 0 Å². The van der Waals surface area contributed by atoms with Crippen LogP contribution in [0.3, 0.4) is 0 Å². The Morgan fingerprint density at radius 2 is 1.24 bits per heavy atom. The monoisotopic (exact) mass is 587 g/mol. The van der Waals surface area contributed by atoms with Gasteiger partial charge in [0.25, 0.3) is 17.5 Å². The van der Waals surface area contributed by atoms with Gasteiger partial charge < -0.3 is 4.74 Å². The molecule has 1 aliphatic rings. The average Bonchev–Trinajstić information content (AvgIpc) is 2.96. The number of non-ortho nitro benzene ring substituents is 1. The van der Waals surface area contributed by atoms with E-state index in [-0.39, 0.29) is 33.7 Å². The zero-order valence-electron chi connectivity index (χ0n) is 21.1. The predicted molar refractivity (Wildman–Crippen MR) is 155 cm³/mol. The molecule has 0 radical (unpaired) electrons. The highest BCUT2D eigenvalue weighted by atomic mass is 35.5. The molecule has 41 heavy (non-hydrogen) atoms. The Balaban J connectivity index is 1.48. The molecule has 0 N–H and O–H groups in total. The molecule has 0 bridgehead atoms. The number of hydrogen-bond acceptors (Lipinski definition) is 6. The minimum Gasteiger partial charge on any atom is -0.486 e. The molecule has 0 aliphatic carbocycles. The van der Waals surface area contributed by atoms with E-state index in [0.717, 1.165) is 9.80 Å². The summed E-state index contributed by atoms with van der Waals surface area (Å²) in [6, 6.07) is 24.5. The highest BCUT2D eigenvalue weighted by molar-refractivity contribution is 6.46. The van der Waals surface area contributed by atoms with Crippen LogP contribution in [0, 0.1) is 10.1 Å². The van der Waals surface area contributed by atoms with Crippen LogP contribution < -0.4 is 14.5 Å². The van der Waals surface area contributed by atoms with Crippen molar-refractivity contribution in [2.75, 3.05) is 9.80 Å². The first-order valence-corrected chi connectivity index (χ1v) is 12.9. The van der Waals surface area contributed by atoms with E-state index in [9.17, 15) is 24.5 Å². The zero-order chi connectivity index (χ0) is 29.1. The Morgan fingerprint density at radius 3 is 1.71 bits per heavy atom. The summed E-state index contributed by atoms with van der Waals surface area (Å²) in [5.41, 5.74) is 1.26. The van der Waals surface area contributed by atoms with Gasteiger partial charge in [-0.05, 0) is 65.7 Å². The van der Waals surface area contributed by atoms with E-state index >= 15 is 0 Å². The van der Waals surface area contributed by atoms with E-state index in [4.69, 9.17) is 27.9 Å². The molecule has 204 valence electrons. The van der Waals surface area contributed by atoms with Crippen LogP contribution in [0.4, 0.5) is 21.9 Å². The van der Waals surface area contributed by atoms with E-state index in [2.05, 4.69) is 0 Å². The first kappa shape index (κ1) is 27.6. The van der Waals surface area contributed by atoms with Crippen LogP contribution in [-0.2, 0) is 16.2 Å². The Kier molecular flexibility index (Phi) is 7.82. The smallest absolute Gasteiger partial charge is 0.343 e. The molecule has 0 unspecified atom stereocenters. The van der Waals surface area contributed by atoms with Crippen LogP contribution in [0.25, 0.3) is 6.08 Å². The number of halogens is 2. The number of para-hydroxylation sites is 2. The lowest BCUT2D eigenvalue weighted by Gasteiger charge is -2.33. The van der Waals surface area contributed by atoms with Crippen molar-refractivity contribution in [2.45, 2.75) is 6.61 Å². The van der Waals surface area contributed by atoms with Crippen molar-refractivity contribution >= 4 is 64.2 Å². The number of carbonyl (C=O) groups excluding carboxylic acids is 3. The normalized spacial score (nSPS) is 13.4. The van der Waals surface area contributed by atoms with E-state index in [1.807, 2.05) is 0 Å². The average molecular weight is 588 g/mol. The third-order valence-electron chi connectivity index (χ3n) is 6.14. The molecular weight excluding hydrogens is 569 g/mol. The van der Waals surface area contributed by atoms with Crippen molar-refractivity contribution in [1.29, 1.82) is 0 Å². The molecule has 4 aromatic carbocycles. The zero-order valence-corrected chi connectivity index (χ0v) is 22.6. The first-order valence-electron chi connectivity index (χ1n) is 12.1. The fourth-order valence-electron chi connectivity index (χ4n) is 4.18. The van der Waals surface area contributed by atoms with Gasteiger partial charge in [-0.15, -0.1) is 0 Å². The Morgan fingerprint density at radius 1 is 0.756 bits per heavy atom. The Labute approximate surface area is 243 Å². The summed E-state index contributed by atoms with van der Waals surface area (Å²) in [5.74, 6) is -1.45. The second kappa shape index (κ2) is 11.6. The van der Waals surface area contributed by atoms with Crippen molar-refractivity contribution in [2.24, 2.45) is 0 Å². The van der Waals surface area contributed by atoms with E-state index in [1.54, 1.807) is 72.8 Å². The molecule has 4 amide bonds. The number of barbiturate groups is 1. The number of urea groups is 1. The number of nitro groups is 1. The lowest BCUT2D eigenvalue weighted by Crippen LogP contribution is -2.57. The fraction of sp³-hybridized carbons (Fsp3) is 0.0333. The first-order chi connectivity index (χ1) is 19.7. The fourth-order valence-corrected chi connectivity index (χ4v) is 4.79. The van der Waals surface area contributed by atoms with Gasteiger partial charge in [0.05, 0.1) is 26.3 Å². The molecule has 11 heteroatoms. The van der Waals surface area contributed by atoms with Crippen molar-refractivity contribution in [1.82, 2.24) is 0 Å². The van der Waals surface area contributed by atoms with Gasteiger partial charge in [0.2, 0.25) is 0 Å². The second-order valence-corrected chi connectivity index (χ2v) is 9.63. The molecule has 1 heterocycles. The summed E-state index contributed by atoms with van der Waals surface area (Å²) in [6.07, 6.45) is 1.32. The summed E-state index contributed by atoms with van der Waals surface area (Å²) in [6.45, 7) is 0.0367. The van der Waals surface area contributed by atoms with Crippen molar-refractivity contribution < 1.29 is 24.0 Å². The van der Waals surface area contributed by atoms with E-state index in [1.165, 1.54) is 30.3 Å². The van der Waals surface area contributed by atoms with Crippen LogP contribution >= 0.6 is 23.2 Å². The molecule has 1 saturated heterocycles. The standard InChI is InChI=1S/C30H19Cl2N3O6/c31-25-16-20(17-26(32)27(25)41-18-19-11-13-23(14-12-19)35(39)40)15-24-28(36)33(21-7-3-1-4-8-21)30(38)34(29(24)37)22-9-5-2-6-10-22/h1-17H,18H2. The number of carbonyl (C=O) groups is 3. The number of nitrogens with zero attached hydrogens (tertiary/aromatic N) is 3. The molecular formula is C30H19Cl2N3O6. The summed E-state index contributed by atoms with van der Waals surface area (Å²) in [4.78, 5) is 52.8. The maximum atomic E-state index is 13.5. The van der Waals surface area contributed by atoms with Gasteiger partial charge in [-0.1, -0.05) is 59.6 Å². The summed E-state index contributed by atoms with van der Waals surface area (Å²) < 4.78 is 5.76. The summed E-state index contributed by atoms with van der Waals surface area (Å²) in [7, 11) is 0. The van der Waals surface area contributed by atoms with Crippen LogP contribution in [0.1, 0.15) is 11.1 Å². The number of imide groups is 2. The SMILES string of the molecule is O=C1C(=Cc2cc(Cl)c(OCc3ccc([N+](=O)[O-])cc3)c(Cl)c2)C(=O)N(c2ccccc2)C(=O)N1c1ccccc1. The largest absolute Gasteiger partial charge is 0.486 e. The van der Waals surface area contributed by atoms with Crippen LogP contribution in [0.2, 0.25) is 10.0 Å². The lowest BCUT2D eigenvalue weighted by atomic mass is 10.0. The molecule has 0 atom stereocenters. The molecule has 1 aliphatic heterocycles. The summed E-state index contributed by atoms with van der Waals surface area (Å²) >= 11 is 12.9. The van der Waals surface area contributed by atoms with Gasteiger partial charge in [-0.3, -0.25) is 19.7 Å². The van der Waals surface area contributed by atoms with Gasteiger partial charge in [0, 0.05) is 12.1 Å². The number of rotatable bonds is 7. The van der Waals surface area contributed by atoms with E-state index in [0.29, 0.717) is 22.5 Å². The number of ether oxygens (including phenoxy) is 1. The summed E-state index contributed by atoms with van der Waals surface area (Å²) in [5, 5.41) is 11.1. The maximum Gasteiger partial charge on any atom is 0.343 e. The minimum absolute atomic E-state index is 0.0367. The van der Waals surface area contributed by atoms with Crippen LogP contribution in [0.5, 0.6) is 5.75 Å². The van der Waals surface area contributed by atoms with Crippen LogP contribution in [-0.4, -0.2) is 22.8 Å². The van der Waals surface area contributed by atoms with Gasteiger partial charge in [-0.25, -0.2) is 14.6 Å². The minimum atomic E-state index is -0.805. The van der Waals surface area contributed by atoms with E-state index < -0.39 is 22.8 Å². The quantitative estimate of drug-likeness (QED) is 0.0989. The second-order valence-electron chi connectivity index (χ2n) is 8.82. The highest BCUT2D eigenvalue weighted by Crippen LogP contribution is 2.36. The third kappa shape index (κ3) is 5.67. The number of benzene rings is 4. The van der Waals surface area contributed by atoms with Crippen molar-refractivity contribution in [3.63, 3.8) is 0 Å². The molecule has 1 fully saturated rings. The lowest BCUT2D eigenvalue weighted by molar-refractivity contribution is -0.384. The Hall–Kier alpha value is -4.99. The molecule has 0 aromatic heterocycles. The predicted octanol–water partition coefficient (Wildman–Crippen LogP) is 7.06. The number of hydrogen-bond donors (Lipinski definition) is 0. The molecule has 0 saturated carbocycles. The van der Waals surface area contributed by atoms with Crippen molar-refractivity contribution in [3.8, 4) is 5.75 Å².